The van der Waals surface area contributed by atoms with E-state index < -0.39 is 0 Å². The maximum absolute atomic E-state index is 11.4. The minimum atomic E-state index is 0. The van der Waals surface area contributed by atoms with Crippen molar-refractivity contribution in [1.29, 1.82) is 0 Å². The van der Waals surface area contributed by atoms with Crippen molar-refractivity contribution in [3.63, 3.8) is 0 Å². The lowest BCUT2D eigenvalue weighted by molar-refractivity contribution is -0.121. The first kappa shape index (κ1) is 14.5. The Labute approximate surface area is 97.8 Å². The zero-order valence-corrected chi connectivity index (χ0v) is 10.6. The summed E-state index contributed by atoms with van der Waals surface area (Å²) in [4.78, 5) is 11.4. The Balaban J connectivity index is -0.000000980. The van der Waals surface area contributed by atoms with Crippen LogP contribution in [0.3, 0.4) is 0 Å². The Morgan fingerprint density at radius 1 is 1.13 bits per heavy atom. The molecule has 94 valence electrons. The average Bonchev–Trinajstić information content (AvgIpc) is 2.23. The molecule has 0 fully saturated rings. The van der Waals surface area contributed by atoms with Crippen LogP contribution in [0.5, 0.6) is 0 Å². The minimum Gasteiger partial charge on any atom is -0.356 e. The van der Waals surface area contributed by atoms with Crippen molar-refractivity contribution in [2.45, 2.75) is 65.7 Å². The van der Waals surface area contributed by atoms with Gasteiger partial charge in [-0.25, -0.2) is 0 Å². The van der Waals surface area contributed by atoms with E-state index in [1.807, 2.05) is 0 Å². The SMILES string of the molecule is CCCCC(=O)NCC(CCC)CCC.[HH].[HH]. The largest absolute Gasteiger partial charge is 0.356 e. The number of carbonyl (C=O) groups is 1. The van der Waals surface area contributed by atoms with Crippen LogP contribution < -0.4 is 5.32 Å². The molecule has 0 saturated heterocycles. The molecule has 0 aliphatic carbocycles. The van der Waals surface area contributed by atoms with Gasteiger partial charge in [0, 0.05) is 15.8 Å². The summed E-state index contributed by atoms with van der Waals surface area (Å²) in [5, 5.41) is 3.05. The number of nitrogens with one attached hydrogen (secondary N) is 1. The van der Waals surface area contributed by atoms with Crippen LogP contribution in [0.15, 0.2) is 0 Å². The highest BCUT2D eigenvalue weighted by Crippen LogP contribution is 2.12. The molecule has 2 heteroatoms. The lowest BCUT2D eigenvalue weighted by atomic mass is 9.98. The van der Waals surface area contributed by atoms with Crippen LogP contribution in [-0.2, 0) is 4.79 Å². The lowest BCUT2D eigenvalue weighted by Crippen LogP contribution is -2.29. The van der Waals surface area contributed by atoms with Gasteiger partial charge >= 0.3 is 0 Å². The summed E-state index contributed by atoms with van der Waals surface area (Å²) in [5.74, 6) is 0.916. The molecule has 0 heterocycles. The van der Waals surface area contributed by atoms with Gasteiger partial charge in [0.15, 0.2) is 0 Å². The normalized spacial score (nSPS) is 10.7. The van der Waals surface area contributed by atoms with Crippen LogP contribution in [0.1, 0.15) is 68.6 Å². The predicted molar refractivity (Wildman–Crippen MR) is 70.1 cm³/mol. The second-order valence-electron chi connectivity index (χ2n) is 4.35. The van der Waals surface area contributed by atoms with Gasteiger partial charge in [0.25, 0.3) is 0 Å². The highest BCUT2D eigenvalue weighted by atomic mass is 16.1. The van der Waals surface area contributed by atoms with Crippen LogP contribution >= 0.6 is 0 Å². The molecule has 1 N–H and O–H groups in total. The monoisotopic (exact) mass is 217 g/mol. The van der Waals surface area contributed by atoms with Gasteiger partial charge in [0.05, 0.1) is 0 Å². The van der Waals surface area contributed by atoms with Gasteiger partial charge in [-0.05, 0) is 25.2 Å². The Bertz CT molecular complexity index is 159. The molecule has 0 saturated carbocycles. The maximum atomic E-state index is 11.4. The minimum absolute atomic E-state index is 0. The van der Waals surface area contributed by atoms with Crippen molar-refractivity contribution in [2.75, 3.05) is 6.54 Å². The fourth-order valence-corrected chi connectivity index (χ4v) is 1.85. The van der Waals surface area contributed by atoms with Gasteiger partial charge in [0.2, 0.25) is 5.91 Å². The topological polar surface area (TPSA) is 29.1 Å². The van der Waals surface area contributed by atoms with Crippen molar-refractivity contribution < 1.29 is 7.65 Å². The summed E-state index contributed by atoms with van der Waals surface area (Å²) in [6.45, 7) is 7.41. The second-order valence-corrected chi connectivity index (χ2v) is 4.35. The standard InChI is InChI=1S/C13H27NO.2H2/c1-4-7-10-13(15)14-11-12(8-5-2)9-6-3;;/h12H,4-11H2,1-3H3,(H,14,15);2*1H. The zero-order chi connectivity index (χ0) is 11.5. The van der Waals surface area contributed by atoms with E-state index in [1.54, 1.807) is 0 Å². The number of rotatable bonds is 9. The Morgan fingerprint density at radius 3 is 2.20 bits per heavy atom. The average molecular weight is 217 g/mol. The summed E-state index contributed by atoms with van der Waals surface area (Å²) >= 11 is 0. The van der Waals surface area contributed by atoms with Crippen molar-refractivity contribution in [3.8, 4) is 0 Å². The number of carbonyl (C=O) groups excluding carboxylic acids is 1. The van der Waals surface area contributed by atoms with E-state index in [0.717, 1.165) is 19.4 Å². The van der Waals surface area contributed by atoms with Crippen LogP contribution in [0.2, 0.25) is 0 Å². The predicted octanol–water partition coefficient (Wildman–Crippen LogP) is 4.00. The fraction of sp³-hybridized carbons (Fsp3) is 0.923. The molecule has 0 aromatic rings. The molecule has 0 aliphatic heterocycles. The third-order valence-corrected chi connectivity index (χ3v) is 2.74. The summed E-state index contributed by atoms with van der Waals surface area (Å²) in [5.41, 5.74) is 0. The summed E-state index contributed by atoms with van der Waals surface area (Å²) in [7, 11) is 0. The third kappa shape index (κ3) is 8.46. The van der Waals surface area contributed by atoms with E-state index in [0.29, 0.717) is 12.3 Å². The summed E-state index contributed by atoms with van der Waals surface area (Å²) < 4.78 is 0. The number of amides is 1. The fourth-order valence-electron chi connectivity index (χ4n) is 1.85. The number of hydrogen-bond acceptors (Lipinski definition) is 1. The highest BCUT2D eigenvalue weighted by Gasteiger charge is 2.08. The van der Waals surface area contributed by atoms with E-state index in [2.05, 4.69) is 26.1 Å². The molecular formula is C13H31NO. The molecule has 0 spiro atoms. The molecule has 15 heavy (non-hydrogen) atoms. The molecule has 0 aliphatic rings. The van der Waals surface area contributed by atoms with Crippen LogP contribution in [0, 0.1) is 5.92 Å². The van der Waals surface area contributed by atoms with Crippen molar-refractivity contribution >= 4 is 5.91 Å². The van der Waals surface area contributed by atoms with Crippen LogP contribution in [-0.4, -0.2) is 12.5 Å². The van der Waals surface area contributed by atoms with Gasteiger partial charge in [-0.15, -0.1) is 0 Å². The van der Waals surface area contributed by atoms with E-state index in [-0.39, 0.29) is 8.76 Å². The third-order valence-electron chi connectivity index (χ3n) is 2.74. The number of unbranched alkanes of at least 4 members (excludes halogenated alkanes) is 1. The van der Waals surface area contributed by atoms with Crippen molar-refractivity contribution in [2.24, 2.45) is 5.92 Å². The highest BCUT2D eigenvalue weighted by molar-refractivity contribution is 5.75. The van der Waals surface area contributed by atoms with Gasteiger partial charge in [-0.2, -0.15) is 0 Å². The molecule has 0 aromatic carbocycles. The first-order chi connectivity index (χ1) is 7.24. The second kappa shape index (κ2) is 10.0. The first-order valence-electron chi connectivity index (χ1n) is 6.51. The Kier molecular flexibility index (Phi) is 9.65. The molecule has 0 bridgehead atoms. The molecule has 0 radical (unpaired) electrons. The van der Waals surface area contributed by atoms with E-state index in [9.17, 15) is 4.79 Å². The van der Waals surface area contributed by atoms with E-state index >= 15 is 0 Å². The maximum Gasteiger partial charge on any atom is 0.220 e. The molecule has 0 rings (SSSR count). The molecular weight excluding hydrogens is 186 g/mol. The van der Waals surface area contributed by atoms with Gasteiger partial charge in [-0.3, -0.25) is 4.79 Å². The van der Waals surface area contributed by atoms with Crippen LogP contribution in [0.4, 0.5) is 0 Å². The molecule has 1 amide bonds. The number of hydrogen-bond donors (Lipinski definition) is 1. The van der Waals surface area contributed by atoms with Crippen LogP contribution in [0.25, 0.3) is 0 Å². The Hall–Kier alpha value is -0.530. The molecule has 0 unspecified atom stereocenters. The molecule has 0 atom stereocenters. The lowest BCUT2D eigenvalue weighted by Gasteiger charge is -2.15. The zero-order valence-electron chi connectivity index (χ0n) is 10.6. The summed E-state index contributed by atoms with van der Waals surface area (Å²) in [6.07, 6.45) is 7.72. The van der Waals surface area contributed by atoms with Gasteiger partial charge < -0.3 is 5.32 Å². The molecule has 0 aromatic heterocycles. The van der Waals surface area contributed by atoms with Gasteiger partial charge in [0.1, 0.15) is 0 Å². The van der Waals surface area contributed by atoms with Crippen molar-refractivity contribution in [1.82, 2.24) is 5.32 Å². The van der Waals surface area contributed by atoms with E-state index in [1.165, 1.54) is 25.7 Å². The Morgan fingerprint density at radius 2 is 1.73 bits per heavy atom. The summed E-state index contributed by atoms with van der Waals surface area (Å²) in [6, 6.07) is 0. The smallest absolute Gasteiger partial charge is 0.220 e. The quantitative estimate of drug-likeness (QED) is 0.621. The first-order valence-corrected chi connectivity index (χ1v) is 6.51. The van der Waals surface area contributed by atoms with Gasteiger partial charge in [-0.1, -0.05) is 40.0 Å². The van der Waals surface area contributed by atoms with Crippen molar-refractivity contribution in [3.05, 3.63) is 0 Å². The van der Waals surface area contributed by atoms with E-state index in [4.69, 9.17) is 0 Å². The molecule has 2 nitrogen and oxygen atoms in total.